The minimum atomic E-state index is -4.72. The van der Waals surface area contributed by atoms with Gasteiger partial charge in [-0.15, -0.1) is 0 Å². The molecular weight excluding hydrogens is 577 g/mol. The van der Waals surface area contributed by atoms with Crippen LogP contribution in [0, 0.1) is 11.3 Å². The van der Waals surface area contributed by atoms with Crippen LogP contribution in [0.4, 0.5) is 13.2 Å². The number of sulfonamides is 1. The van der Waals surface area contributed by atoms with Gasteiger partial charge in [0.15, 0.2) is 0 Å². The summed E-state index contributed by atoms with van der Waals surface area (Å²) in [6.45, 7) is 6.38. The quantitative estimate of drug-likeness (QED) is 0.259. The molecule has 7 nitrogen and oxygen atoms in total. The zero-order valence-corrected chi connectivity index (χ0v) is 24.5. The van der Waals surface area contributed by atoms with Crippen molar-refractivity contribution in [2.45, 2.75) is 68.7 Å². The first-order valence-corrected chi connectivity index (χ1v) is 15.3. The summed E-state index contributed by atoms with van der Waals surface area (Å²) in [5.74, 6) is -0.392. The summed E-state index contributed by atoms with van der Waals surface area (Å²) in [5.41, 5.74) is 4.08. The number of amides is 1. The topological polar surface area (TPSA) is 111 Å². The van der Waals surface area contributed by atoms with Gasteiger partial charge in [-0.3, -0.25) is 4.79 Å². The van der Waals surface area contributed by atoms with E-state index in [0.29, 0.717) is 23.7 Å². The minimum Gasteiger partial charge on any atom is -0.385 e. The van der Waals surface area contributed by atoms with Crippen LogP contribution in [0.3, 0.4) is 0 Å². The second-order valence-corrected chi connectivity index (χ2v) is 12.5. The van der Waals surface area contributed by atoms with Crippen molar-refractivity contribution >= 4 is 15.9 Å². The molecule has 43 heavy (non-hydrogen) atoms. The molecule has 1 aliphatic rings. The smallest absolute Gasteiger partial charge is 0.385 e. The Balaban J connectivity index is 1.53. The molecule has 0 spiro atoms. The normalized spacial score (nSPS) is 15.6. The van der Waals surface area contributed by atoms with Crippen molar-refractivity contribution < 1.29 is 26.4 Å². The maximum absolute atomic E-state index is 13.3. The first-order chi connectivity index (χ1) is 20.3. The Morgan fingerprint density at radius 3 is 2.49 bits per heavy atom. The van der Waals surface area contributed by atoms with E-state index in [1.54, 1.807) is 24.3 Å². The number of carbonyl (C=O) groups is 1. The Hall–Kier alpha value is -4.14. The molecule has 3 aromatic rings. The van der Waals surface area contributed by atoms with Crippen LogP contribution in [0.5, 0.6) is 0 Å². The molecule has 0 saturated heterocycles. The Kier molecular flexibility index (Phi) is 9.94. The molecule has 0 radical (unpaired) electrons. The molecule has 1 aliphatic carbocycles. The van der Waals surface area contributed by atoms with E-state index in [-0.39, 0.29) is 18.9 Å². The highest BCUT2D eigenvalue weighted by atomic mass is 32.2. The number of allylic oxidation sites excluding steroid dienone is 1. The first-order valence-electron chi connectivity index (χ1n) is 13.8. The van der Waals surface area contributed by atoms with Gasteiger partial charge in [-0.25, -0.2) is 13.1 Å². The minimum absolute atomic E-state index is 0.0810. The molecule has 0 heterocycles. The standard InChI is InChI=1S/C32H33F3N4O3S/c1-21(2)37-20-24-13-14-29-25(15-24)5-3-8-30(29)38-31(40)18-27(16-22-9-11-23(19-36)12-10-22)39-43(41,42)28-7-4-6-26(17-28)32(33,34)35/h4,6-7,9-15,17,27,30,37,39H,1,3,5,8,16,18,20H2,2H3,(H,38,40)/t27-,30+/m0/s1. The van der Waals surface area contributed by atoms with E-state index in [1.165, 1.54) is 0 Å². The molecule has 0 aromatic heterocycles. The van der Waals surface area contributed by atoms with Crippen molar-refractivity contribution in [1.82, 2.24) is 15.4 Å². The highest BCUT2D eigenvalue weighted by Crippen LogP contribution is 2.32. The van der Waals surface area contributed by atoms with Crippen LogP contribution in [-0.2, 0) is 40.4 Å². The van der Waals surface area contributed by atoms with E-state index in [0.717, 1.165) is 59.8 Å². The highest BCUT2D eigenvalue weighted by Gasteiger charge is 2.32. The number of fused-ring (bicyclic) bond motifs is 1. The monoisotopic (exact) mass is 610 g/mol. The van der Waals surface area contributed by atoms with Crippen LogP contribution in [-0.4, -0.2) is 20.4 Å². The number of nitrogens with one attached hydrogen (secondary N) is 3. The van der Waals surface area contributed by atoms with Gasteiger partial charge in [0.2, 0.25) is 15.9 Å². The van der Waals surface area contributed by atoms with Crippen LogP contribution in [0.15, 0.2) is 83.9 Å². The molecule has 0 aliphatic heterocycles. The van der Waals surface area contributed by atoms with E-state index < -0.39 is 38.6 Å². The number of rotatable bonds is 11. The van der Waals surface area contributed by atoms with Crippen molar-refractivity contribution in [1.29, 1.82) is 5.26 Å². The predicted octanol–water partition coefficient (Wildman–Crippen LogP) is 5.67. The third kappa shape index (κ3) is 8.69. The van der Waals surface area contributed by atoms with E-state index in [1.807, 2.05) is 25.1 Å². The Morgan fingerprint density at radius 2 is 1.81 bits per heavy atom. The SMILES string of the molecule is C=C(C)NCc1ccc2c(c1)CCC[C@H]2NC(=O)C[C@H](Cc1ccc(C#N)cc1)NS(=O)(=O)c1cccc(C(F)(F)F)c1. The van der Waals surface area contributed by atoms with Gasteiger partial charge in [-0.05, 0) is 85.2 Å². The molecule has 226 valence electrons. The number of nitrogens with zero attached hydrogens (tertiary/aromatic N) is 1. The van der Waals surface area contributed by atoms with Crippen LogP contribution >= 0.6 is 0 Å². The second-order valence-electron chi connectivity index (χ2n) is 10.7. The Labute approximate surface area is 249 Å². The number of nitriles is 1. The van der Waals surface area contributed by atoms with Crippen LogP contribution in [0.25, 0.3) is 0 Å². The van der Waals surface area contributed by atoms with E-state index in [2.05, 4.69) is 28.0 Å². The van der Waals surface area contributed by atoms with Gasteiger partial charge >= 0.3 is 6.18 Å². The molecular formula is C32H33F3N4O3S. The molecule has 1 amide bonds. The molecule has 0 fully saturated rings. The molecule has 0 unspecified atom stereocenters. The molecule has 3 aromatic carbocycles. The molecule has 11 heteroatoms. The molecule has 3 N–H and O–H groups in total. The second kappa shape index (κ2) is 13.4. The van der Waals surface area contributed by atoms with Gasteiger partial charge in [0, 0.05) is 24.7 Å². The fourth-order valence-electron chi connectivity index (χ4n) is 5.14. The summed E-state index contributed by atoms with van der Waals surface area (Å²) in [4.78, 5) is 12.8. The predicted molar refractivity (Wildman–Crippen MR) is 157 cm³/mol. The lowest BCUT2D eigenvalue weighted by atomic mass is 9.86. The third-order valence-electron chi connectivity index (χ3n) is 7.24. The van der Waals surface area contributed by atoms with Gasteiger partial charge < -0.3 is 10.6 Å². The summed E-state index contributed by atoms with van der Waals surface area (Å²) in [7, 11) is -4.41. The van der Waals surface area contributed by atoms with Gasteiger partial charge in [0.05, 0.1) is 28.1 Å². The summed E-state index contributed by atoms with van der Waals surface area (Å²) >= 11 is 0. The van der Waals surface area contributed by atoms with Crippen molar-refractivity contribution in [3.05, 3.63) is 112 Å². The van der Waals surface area contributed by atoms with Gasteiger partial charge in [-0.1, -0.05) is 43.0 Å². The maximum Gasteiger partial charge on any atom is 0.416 e. The maximum atomic E-state index is 13.3. The van der Waals surface area contributed by atoms with Gasteiger partial charge in [0.1, 0.15) is 0 Å². The first kappa shape index (κ1) is 31.8. The van der Waals surface area contributed by atoms with Crippen molar-refractivity contribution in [3.63, 3.8) is 0 Å². The van der Waals surface area contributed by atoms with E-state index >= 15 is 0 Å². The van der Waals surface area contributed by atoms with Crippen molar-refractivity contribution in [2.24, 2.45) is 0 Å². The lowest BCUT2D eigenvalue weighted by Crippen LogP contribution is -2.41. The lowest BCUT2D eigenvalue weighted by molar-refractivity contribution is -0.137. The largest absolute Gasteiger partial charge is 0.416 e. The Morgan fingerprint density at radius 1 is 1.09 bits per heavy atom. The molecule has 4 rings (SSSR count). The number of halogens is 3. The Bertz CT molecular complexity index is 1630. The molecule has 0 saturated carbocycles. The number of hydrogen-bond acceptors (Lipinski definition) is 5. The number of aryl methyl sites for hydroxylation is 1. The third-order valence-corrected chi connectivity index (χ3v) is 8.76. The summed E-state index contributed by atoms with van der Waals surface area (Å²) in [5, 5.41) is 15.3. The van der Waals surface area contributed by atoms with Crippen LogP contribution < -0.4 is 15.4 Å². The van der Waals surface area contributed by atoms with Gasteiger partial charge in [0.25, 0.3) is 0 Å². The number of benzene rings is 3. The number of hydrogen-bond donors (Lipinski definition) is 3. The van der Waals surface area contributed by atoms with E-state index in [9.17, 15) is 26.4 Å². The summed E-state index contributed by atoms with van der Waals surface area (Å²) < 4.78 is 68.7. The highest BCUT2D eigenvalue weighted by molar-refractivity contribution is 7.89. The fourth-order valence-corrected chi connectivity index (χ4v) is 6.42. The summed E-state index contributed by atoms with van der Waals surface area (Å²) in [6.07, 6.45) is -2.42. The number of carbonyl (C=O) groups excluding carboxylic acids is 1. The van der Waals surface area contributed by atoms with Crippen molar-refractivity contribution in [3.8, 4) is 6.07 Å². The van der Waals surface area contributed by atoms with Gasteiger partial charge in [-0.2, -0.15) is 18.4 Å². The van der Waals surface area contributed by atoms with E-state index in [4.69, 9.17) is 5.26 Å². The zero-order chi connectivity index (χ0) is 31.2. The lowest BCUT2D eigenvalue weighted by Gasteiger charge is -2.28. The van der Waals surface area contributed by atoms with Crippen molar-refractivity contribution in [2.75, 3.05) is 0 Å². The summed E-state index contributed by atoms with van der Waals surface area (Å²) in [6, 6.07) is 16.8. The fraction of sp³-hybridized carbons (Fsp3) is 0.312. The molecule has 0 bridgehead atoms. The van der Waals surface area contributed by atoms with Crippen LogP contribution in [0.1, 0.15) is 65.6 Å². The molecule has 2 atom stereocenters. The average molecular weight is 611 g/mol. The van der Waals surface area contributed by atoms with Crippen LogP contribution in [0.2, 0.25) is 0 Å². The zero-order valence-electron chi connectivity index (χ0n) is 23.7. The average Bonchev–Trinajstić information content (AvgIpc) is 2.96. The number of alkyl halides is 3.